The van der Waals surface area contributed by atoms with Crippen LogP contribution in [0, 0.1) is 6.92 Å². The first-order valence-electron chi connectivity index (χ1n) is 6.68. The zero-order valence-electron chi connectivity index (χ0n) is 12.2. The molecule has 3 nitrogen and oxygen atoms in total. The highest BCUT2D eigenvalue weighted by atomic mass is 32.1. The second-order valence-electron chi connectivity index (χ2n) is 4.66. The van der Waals surface area contributed by atoms with Crippen LogP contribution >= 0.6 is 22.7 Å². The van der Waals surface area contributed by atoms with Crippen molar-refractivity contribution in [2.45, 2.75) is 19.9 Å². The second-order valence-corrected chi connectivity index (χ2v) is 7.07. The molecular formula is C15H21N3S2. The van der Waals surface area contributed by atoms with Gasteiger partial charge in [-0.15, -0.1) is 22.7 Å². The number of hydrogen-bond donors (Lipinski definition) is 1. The van der Waals surface area contributed by atoms with E-state index in [0.717, 1.165) is 25.5 Å². The summed E-state index contributed by atoms with van der Waals surface area (Å²) >= 11 is 3.64. The van der Waals surface area contributed by atoms with E-state index in [1.165, 1.54) is 14.6 Å². The number of aryl methyl sites for hydroxylation is 1. The fourth-order valence-corrected chi connectivity index (χ4v) is 3.50. The molecule has 0 atom stereocenters. The normalized spacial score (nSPS) is 11.7. The fourth-order valence-electron chi connectivity index (χ4n) is 1.97. The Bertz CT molecular complexity index is 543. The zero-order chi connectivity index (χ0) is 14.4. The van der Waals surface area contributed by atoms with E-state index < -0.39 is 0 Å². The quantitative estimate of drug-likeness (QED) is 0.677. The molecule has 0 fully saturated rings. The van der Waals surface area contributed by atoms with Crippen molar-refractivity contribution in [2.24, 2.45) is 4.99 Å². The maximum Gasteiger partial charge on any atom is 0.193 e. The summed E-state index contributed by atoms with van der Waals surface area (Å²) < 4.78 is 0. The summed E-state index contributed by atoms with van der Waals surface area (Å²) in [6.07, 6.45) is 1.06. The lowest BCUT2D eigenvalue weighted by atomic mass is 10.3. The number of likely N-dealkylation sites (N-methyl/N-ethyl adjacent to an activating group) is 1. The highest BCUT2D eigenvalue weighted by Gasteiger charge is 2.06. The lowest BCUT2D eigenvalue weighted by molar-refractivity contribution is 0.487. The van der Waals surface area contributed by atoms with Gasteiger partial charge in [0.1, 0.15) is 0 Å². The van der Waals surface area contributed by atoms with E-state index in [-0.39, 0.29) is 0 Å². The van der Waals surface area contributed by atoms with E-state index in [2.05, 4.69) is 58.8 Å². The average molecular weight is 307 g/mol. The second kappa shape index (κ2) is 7.45. The van der Waals surface area contributed by atoms with Gasteiger partial charge in [-0.2, -0.15) is 0 Å². The van der Waals surface area contributed by atoms with Gasteiger partial charge in [0.2, 0.25) is 0 Å². The molecule has 0 saturated heterocycles. The van der Waals surface area contributed by atoms with Gasteiger partial charge in [0, 0.05) is 35.3 Å². The maximum atomic E-state index is 4.35. The smallest absolute Gasteiger partial charge is 0.193 e. The van der Waals surface area contributed by atoms with E-state index in [9.17, 15) is 0 Å². The largest absolute Gasteiger partial charge is 0.351 e. The molecule has 1 N–H and O–H groups in total. The van der Waals surface area contributed by atoms with Gasteiger partial charge in [0.05, 0.1) is 6.54 Å². The van der Waals surface area contributed by atoms with Gasteiger partial charge < -0.3 is 10.2 Å². The minimum atomic E-state index is 0.842. The Balaban J connectivity index is 1.81. The molecule has 0 aliphatic rings. The summed E-state index contributed by atoms with van der Waals surface area (Å²) in [5.41, 5.74) is 0. The van der Waals surface area contributed by atoms with E-state index in [1.807, 2.05) is 29.7 Å². The maximum absolute atomic E-state index is 4.35. The highest BCUT2D eigenvalue weighted by Crippen LogP contribution is 2.14. The van der Waals surface area contributed by atoms with Crippen molar-refractivity contribution in [1.82, 2.24) is 10.2 Å². The molecule has 0 aliphatic heterocycles. The molecule has 0 unspecified atom stereocenters. The van der Waals surface area contributed by atoms with Crippen LogP contribution in [0.2, 0.25) is 0 Å². The molecule has 0 aromatic carbocycles. The van der Waals surface area contributed by atoms with Crippen molar-refractivity contribution < 1.29 is 0 Å². The van der Waals surface area contributed by atoms with Gasteiger partial charge in [-0.3, -0.25) is 4.99 Å². The van der Waals surface area contributed by atoms with Gasteiger partial charge >= 0.3 is 0 Å². The molecule has 108 valence electrons. The Hall–Kier alpha value is -1.33. The summed E-state index contributed by atoms with van der Waals surface area (Å²) in [6, 6.07) is 8.62. The molecule has 0 saturated carbocycles. The van der Waals surface area contributed by atoms with E-state index in [4.69, 9.17) is 0 Å². The predicted molar refractivity (Wildman–Crippen MR) is 89.9 cm³/mol. The molecular weight excluding hydrogens is 286 g/mol. The number of nitrogens with zero attached hydrogens (tertiary/aromatic N) is 2. The third-order valence-corrected chi connectivity index (χ3v) is 5.00. The molecule has 2 aromatic heterocycles. The van der Waals surface area contributed by atoms with E-state index in [0.29, 0.717) is 0 Å². The van der Waals surface area contributed by atoms with Crippen molar-refractivity contribution in [1.29, 1.82) is 0 Å². The van der Waals surface area contributed by atoms with Gasteiger partial charge in [0.25, 0.3) is 0 Å². The van der Waals surface area contributed by atoms with Crippen molar-refractivity contribution in [3.05, 3.63) is 44.3 Å². The topological polar surface area (TPSA) is 27.6 Å². The Morgan fingerprint density at radius 3 is 2.75 bits per heavy atom. The monoisotopic (exact) mass is 307 g/mol. The standard InChI is InChI=1S/C15H21N3S2/c1-12-6-7-14(20-12)11-17-15(16-2)18(3)9-8-13-5-4-10-19-13/h4-7,10H,8-9,11H2,1-3H3,(H,16,17). The lowest BCUT2D eigenvalue weighted by Crippen LogP contribution is -2.39. The lowest BCUT2D eigenvalue weighted by Gasteiger charge is -2.21. The summed E-state index contributed by atoms with van der Waals surface area (Å²) in [5, 5.41) is 5.55. The number of nitrogens with one attached hydrogen (secondary N) is 1. The Kier molecular flexibility index (Phi) is 5.61. The highest BCUT2D eigenvalue weighted by molar-refractivity contribution is 7.11. The Morgan fingerprint density at radius 1 is 1.30 bits per heavy atom. The molecule has 0 radical (unpaired) electrons. The minimum absolute atomic E-state index is 0.842. The van der Waals surface area contributed by atoms with Gasteiger partial charge in [0.15, 0.2) is 5.96 Å². The summed E-state index contributed by atoms with van der Waals surface area (Å²) in [5.74, 6) is 0.951. The van der Waals surface area contributed by atoms with Crippen LogP contribution in [0.1, 0.15) is 14.6 Å². The average Bonchev–Trinajstić information content (AvgIpc) is 3.08. The molecule has 2 heterocycles. The first kappa shape index (κ1) is 15.1. The van der Waals surface area contributed by atoms with Crippen LogP contribution in [0.4, 0.5) is 0 Å². The van der Waals surface area contributed by atoms with E-state index >= 15 is 0 Å². The van der Waals surface area contributed by atoms with Crippen LogP contribution in [0.3, 0.4) is 0 Å². The number of rotatable bonds is 5. The molecule has 5 heteroatoms. The SMILES string of the molecule is CN=C(NCc1ccc(C)s1)N(C)CCc1cccs1. The minimum Gasteiger partial charge on any atom is -0.351 e. The first-order chi connectivity index (χ1) is 9.69. The van der Waals surface area contributed by atoms with Gasteiger partial charge in [-0.1, -0.05) is 6.07 Å². The Morgan fingerprint density at radius 2 is 2.15 bits per heavy atom. The molecule has 20 heavy (non-hydrogen) atoms. The third-order valence-electron chi connectivity index (χ3n) is 3.06. The van der Waals surface area contributed by atoms with Crippen molar-refractivity contribution >= 4 is 28.6 Å². The molecule has 0 aliphatic carbocycles. The summed E-state index contributed by atoms with van der Waals surface area (Å²) in [7, 11) is 3.92. The third kappa shape index (κ3) is 4.35. The van der Waals surface area contributed by atoms with Crippen LogP contribution in [-0.4, -0.2) is 31.5 Å². The fraction of sp³-hybridized carbons (Fsp3) is 0.400. The van der Waals surface area contributed by atoms with Gasteiger partial charge in [-0.05, 0) is 36.9 Å². The first-order valence-corrected chi connectivity index (χ1v) is 8.38. The summed E-state index contributed by atoms with van der Waals surface area (Å²) in [6.45, 7) is 3.95. The van der Waals surface area contributed by atoms with E-state index in [1.54, 1.807) is 0 Å². The Labute approximate surface area is 129 Å². The molecule has 0 spiro atoms. The van der Waals surface area contributed by atoms with Crippen LogP contribution in [-0.2, 0) is 13.0 Å². The number of guanidine groups is 1. The van der Waals surface area contributed by atoms with Crippen molar-refractivity contribution in [3.63, 3.8) is 0 Å². The number of aliphatic imine (C=N–C) groups is 1. The predicted octanol–water partition coefficient (Wildman–Crippen LogP) is 3.37. The van der Waals surface area contributed by atoms with Gasteiger partial charge in [-0.25, -0.2) is 0 Å². The van der Waals surface area contributed by atoms with Crippen LogP contribution in [0.15, 0.2) is 34.6 Å². The van der Waals surface area contributed by atoms with Crippen LogP contribution in [0.5, 0.6) is 0 Å². The number of thiophene rings is 2. The molecule has 0 amide bonds. The van der Waals surface area contributed by atoms with Crippen LogP contribution < -0.4 is 5.32 Å². The molecule has 2 rings (SSSR count). The molecule has 0 bridgehead atoms. The zero-order valence-corrected chi connectivity index (χ0v) is 13.9. The molecule has 2 aromatic rings. The number of hydrogen-bond acceptors (Lipinski definition) is 3. The van der Waals surface area contributed by atoms with Crippen molar-refractivity contribution in [3.8, 4) is 0 Å². The van der Waals surface area contributed by atoms with Crippen molar-refractivity contribution in [2.75, 3.05) is 20.6 Å². The van der Waals surface area contributed by atoms with Crippen LogP contribution in [0.25, 0.3) is 0 Å². The summed E-state index contributed by atoms with van der Waals surface area (Å²) in [4.78, 5) is 10.6.